The van der Waals surface area contributed by atoms with Gasteiger partial charge in [-0.1, -0.05) is 24.6 Å². The van der Waals surface area contributed by atoms with Crippen LogP contribution in [0.15, 0.2) is 29.2 Å². The first-order chi connectivity index (χ1) is 9.36. The molecule has 1 aromatic carbocycles. The van der Waals surface area contributed by atoms with E-state index in [0.29, 0.717) is 6.54 Å². The molecule has 5 nitrogen and oxygen atoms in total. The Morgan fingerprint density at radius 2 is 1.85 bits per heavy atom. The standard InChI is InChI=1S/C14H19NO4S/c1-10-4-6-12(7-5-10)20(17,18)15-8-11(2)13(9-15)14(16)19-3/h4-7,11,13H,8-9H2,1-3H3. The molecule has 2 rings (SSSR count). The highest BCUT2D eigenvalue weighted by Gasteiger charge is 2.41. The van der Waals surface area contributed by atoms with Crippen LogP contribution in [0.4, 0.5) is 0 Å². The van der Waals surface area contributed by atoms with Crippen molar-refractivity contribution >= 4 is 16.0 Å². The summed E-state index contributed by atoms with van der Waals surface area (Å²) in [5.74, 6) is -0.776. The van der Waals surface area contributed by atoms with Gasteiger partial charge in [-0.3, -0.25) is 4.79 Å². The Bertz CT molecular complexity index is 594. The second kappa shape index (κ2) is 5.54. The molecule has 1 aromatic rings. The summed E-state index contributed by atoms with van der Waals surface area (Å²) >= 11 is 0. The van der Waals surface area contributed by atoms with Crippen LogP contribution in [-0.4, -0.2) is 38.9 Å². The lowest BCUT2D eigenvalue weighted by molar-refractivity contribution is -0.145. The molecule has 2 atom stereocenters. The fraction of sp³-hybridized carbons (Fsp3) is 0.500. The first-order valence-corrected chi connectivity index (χ1v) is 7.95. The van der Waals surface area contributed by atoms with Crippen LogP contribution in [0.3, 0.4) is 0 Å². The van der Waals surface area contributed by atoms with Crippen LogP contribution in [-0.2, 0) is 19.6 Å². The summed E-state index contributed by atoms with van der Waals surface area (Å²) in [6, 6.07) is 6.73. The number of benzene rings is 1. The lowest BCUT2D eigenvalue weighted by Crippen LogP contribution is -2.30. The zero-order chi connectivity index (χ0) is 14.9. The number of hydrogen-bond acceptors (Lipinski definition) is 4. The number of carbonyl (C=O) groups excluding carboxylic acids is 1. The van der Waals surface area contributed by atoms with Crippen LogP contribution in [0.5, 0.6) is 0 Å². The molecule has 0 saturated carbocycles. The fourth-order valence-electron chi connectivity index (χ4n) is 2.44. The molecule has 1 heterocycles. The molecule has 0 N–H and O–H groups in total. The van der Waals surface area contributed by atoms with E-state index in [9.17, 15) is 13.2 Å². The molecule has 0 aromatic heterocycles. The van der Waals surface area contributed by atoms with Crippen molar-refractivity contribution in [2.75, 3.05) is 20.2 Å². The van der Waals surface area contributed by atoms with E-state index in [4.69, 9.17) is 4.74 Å². The highest BCUT2D eigenvalue weighted by molar-refractivity contribution is 7.89. The van der Waals surface area contributed by atoms with Crippen molar-refractivity contribution < 1.29 is 17.9 Å². The van der Waals surface area contributed by atoms with Crippen LogP contribution >= 0.6 is 0 Å². The monoisotopic (exact) mass is 297 g/mol. The minimum absolute atomic E-state index is 0.0392. The van der Waals surface area contributed by atoms with E-state index in [2.05, 4.69) is 0 Å². The van der Waals surface area contributed by atoms with Crippen LogP contribution in [0.25, 0.3) is 0 Å². The highest BCUT2D eigenvalue weighted by atomic mass is 32.2. The van der Waals surface area contributed by atoms with Crippen molar-refractivity contribution in [1.82, 2.24) is 4.31 Å². The Morgan fingerprint density at radius 1 is 1.25 bits per heavy atom. The Labute approximate surface area is 119 Å². The van der Waals surface area contributed by atoms with Gasteiger partial charge in [0.1, 0.15) is 0 Å². The van der Waals surface area contributed by atoms with Crippen molar-refractivity contribution in [3.8, 4) is 0 Å². The van der Waals surface area contributed by atoms with Gasteiger partial charge in [0, 0.05) is 13.1 Å². The molecule has 1 fully saturated rings. The molecule has 0 radical (unpaired) electrons. The van der Waals surface area contributed by atoms with Gasteiger partial charge in [0.05, 0.1) is 17.9 Å². The van der Waals surface area contributed by atoms with Crippen LogP contribution < -0.4 is 0 Å². The number of rotatable bonds is 3. The molecule has 2 unspecified atom stereocenters. The van der Waals surface area contributed by atoms with Crippen molar-refractivity contribution in [2.45, 2.75) is 18.7 Å². The van der Waals surface area contributed by atoms with Crippen LogP contribution in [0.2, 0.25) is 0 Å². The predicted octanol–water partition coefficient (Wildman–Crippen LogP) is 1.42. The molecule has 110 valence electrons. The zero-order valence-electron chi connectivity index (χ0n) is 11.9. The second-order valence-electron chi connectivity index (χ2n) is 5.24. The van der Waals surface area contributed by atoms with Crippen LogP contribution in [0, 0.1) is 18.8 Å². The van der Waals surface area contributed by atoms with Gasteiger partial charge in [0.2, 0.25) is 10.0 Å². The van der Waals surface area contributed by atoms with Crippen molar-refractivity contribution in [2.24, 2.45) is 11.8 Å². The summed E-state index contributed by atoms with van der Waals surface area (Å²) in [6.07, 6.45) is 0. The number of ether oxygens (including phenoxy) is 1. The molecular formula is C14H19NO4S. The van der Waals surface area contributed by atoms with Gasteiger partial charge in [-0.05, 0) is 25.0 Å². The zero-order valence-corrected chi connectivity index (χ0v) is 12.7. The summed E-state index contributed by atoms with van der Waals surface area (Å²) in [5.41, 5.74) is 1.01. The number of nitrogens with zero attached hydrogens (tertiary/aromatic N) is 1. The predicted molar refractivity (Wildman–Crippen MR) is 74.6 cm³/mol. The van der Waals surface area contributed by atoms with Gasteiger partial charge in [0.15, 0.2) is 0 Å². The third kappa shape index (κ3) is 2.71. The van der Waals surface area contributed by atoms with Gasteiger partial charge in [-0.2, -0.15) is 4.31 Å². The Kier molecular flexibility index (Phi) is 4.15. The second-order valence-corrected chi connectivity index (χ2v) is 7.18. The minimum Gasteiger partial charge on any atom is -0.469 e. The molecule has 1 aliphatic rings. The van der Waals surface area contributed by atoms with Gasteiger partial charge < -0.3 is 4.74 Å². The van der Waals surface area contributed by atoms with E-state index in [0.717, 1.165) is 5.56 Å². The Hall–Kier alpha value is -1.40. The summed E-state index contributed by atoms with van der Waals surface area (Å²) in [4.78, 5) is 11.9. The van der Waals surface area contributed by atoms with E-state index >= 15 is 0 Å². The summed E-state index contributed by atoms with van der Waals surface area (Å²) < 4.78 is 31.1. The van der Waals surface area contributed by atoms with E-state index < -0.39 is 10.0 Å². The third-order valence-corrected chi connectivity index (χ3v) is 5.59. The van der Waals surface area contributed by atoms with E-state index in [1.54, 1.807) is 24.3 Å². The number of carbonyl (C=O) groups is 1. The number of sulfonamides is 1. The normalized spacial score (nSPS) is 23.8. The Balaban J connectivity index is 2.24. The first kappa shape index (κ1) is 15.0. The molecule has 1 aliphatic heterocycles. The van der Waals surface area contributed by atoms with Gasteiger partial charge in [-0.25, -0.2) is 8.42 Å². The third-order valence-electron chi connectivity index (χ3n) is 3.74. The summed E-state index contributed by atoms with van der Waals surface area (Å²) in [6.45, 7) is 4.30. The highest BCUT2D eigenvalue weighted by Crippen LogP contribution is 2.29. The van der Waals surface area contributed by atoms with Crippen LogP contribution in [0.1, 0.15) is 12.5 Å². The maximum absolute atomic E-state index is 12.5. The largest absolute Gasteiger partial charge is 0.469 e. The number of esters is 1. The van der Waals surface area contributed by atoms with Crippen molar-refractivity contribution in [1.29, 1.82) is 0 Å². The van der Waals surface area contributed by atoms with Gasteiger partial charge in [0.25, 0.3) is 0 Å². The Morgan fingerprint density at radius 3 is 2.40 bits per heavy atom. The summed E-state index contributed by atoms with van der Waals surface area (Å²) in [5, 5.41) is 0. The van der Waals surface area contributed by atoms with Gasteiger partial charge in [-0.15, -0.1) is 0 Å². The summed E-state index contributed by atoms with van der Waals surface area (Å²) in [7, 11) is -2.21. The number of aryl methyl sites for hydroxylation is 1. The molecule has 0 aliphatic carbocycles. The average Bonchev–Trinajstić information content (AvgIpc) is 2.81. The molecule has 20 heavy (non-hydrogen) atoms. The van der Waals surface area contributed by atoms with E-state index in [1.807, 2.05) is 13.8 Å². The molecule has 1 saturated heterocycles. The fourth-order valence-corrected chi connectivity index (χ4v) is 4.00. The SMILES string of the molecule is COC(=O)C1CN(S(=O)(=O)c2ccc(C)cc2)CC1C. The van der Waals surface area contributed by atoms with Crippen molar-refractivity contribution in [3.63, 3.8) is 0 Å². The van der Waals surface area contributed by atoms with Gasteiger partial charge >= 0.3 is 5.97 Å². The van der Waals surface area contributed by atoms with Crippen molar-refractivity contribution in [3.05, 3.63) is 29.8 Å². The number of hydrogen-bond donors (Lipinski definition) is 0. The van der Waals surface area contributed by atoms with E-state index in [-0.39, 0.29) is 29.2 Å². The molecule has 0 bridgehead atoms. The maximum atomic E-state index is 12.5. The number of methoxy groups -OCH3 is 1. The maximum Gasteiger partial charge on any atom is 0.310 e. The molecule has 6 heteroatoms. The average molecular weight is 297 g/mol. The molecule has 0 spiro atoms. The first-order valence-electron chi connectivity index (χ1n) is 6.51. The molecule has 0 amide bonds. The topological polar surface area (TPSA) is 63.7 Å². The minimum atomic E-state index is -3.54. The lowest BCUT2D eigenvalue weighted by atomic mass is 9.99. The smallest absolute Gasteiger partial charge is 0.310 e. The molecular weight excluding hydrogens is 278 g/mol. The lowest BCUT2D eigenvalue weighted by Gasteiger charge is -2.16. The van der Waals surface area contributed by atoms with E-state index in [1.165, 1.54) is 11.4 Å². The quantitative estimate of drug-likeness (QED) is 0.792.